The Balaban J connectivity index is 2.79. The summed E-state index contributed by atoms with van der Waals surface area (Å²) in [5.74, 6) is 1.41. The molecule has 2 heterocycles. The number of fused-ring (bicyclic) bond motifs is 1. The van der Waals surface area contributed by atoms with Gasteiger partial charge in [-0.15, -0.1) is 0 Å². The van der Waals surface area contributed by atoms with Gasteiger partial charge in [0.05, 0.1) is 16.8 Å². The van der Waals surface area contributed by atoms with Crippen LogP contribution >= 0.6 is 0 Å². The first kappa shape index (κ1) is 11.0. The molecule has 0 amide bonds. The molecule has 0 N–H and O–H groups in total. The summed E-state index contributed by atoms with van der Waals surface area (Å²) < 4.78 is 5.28. The molecule has 0 aliphatic carbocycles. The highest BCUT2D eigenvalue weighted by Crippen LogP contribution is 2.29. The molecule has 0 aromatic carbocycles. The lowest BCUT2D eigenvalue weighted by atomic mass is 10.0. The van der Waals surface area contributed by atoms with Crippen molar-refractivity contribution in [3.63, 3.8) is 0 Å². The molecule has 2 aromatic rings. The van der Waals surface area contributed by atoms with Crippen LogP contribution in [0, 0.1) is 6.92 Å². The molecule has 86 valence electrons. The average Bonchev–Trinajstić information content (AvgIpc) is 2.59. The van der Waals surface area contributed by atoms with Crippen molar-refractivity contribution in [2.45, 2.75) is 46.5 Å². The largest absolute Gasteiger partial charge is 0.335 e. The fourth-order valence-corrected chi connectivity index (χ4v) is 1.82. The second-order valence-electron chi connectivity index (χ2n) is 4.71. The Kier molecular flexibility index (Phi) is 2.66. The Hall–Kier alpha value is -1.45. The zero-order valence-electron chi connectivity index (χ0n) is 10.4. The SMILES string of the molecule is Cc1nc(C(C)C)c2c(C(C)C)noc2n1. The lowest BCUT2D eigenvalue weighted by Gasteiger charge is -2.08. The Labute approximate surface area is 95.1 Å². The predicted molar refractivity (Wildman–Crippen MR) is 62.5 cm³/mol. The van der Waals surface area contributed by atoms with E-state index in [9.17, 15) is 0 Å². The van der Waals surface area contributed by atoms with Crippen LogP contribution in [0.25, 0.3) is 11.1 Å². The molecule has 0 radical (unpaired) electrons. The van der Waals surface area contributed by atoms with Gasteiger partial charge in [0.15, 0.2) is 0 Å². The van der Waals surface area contributed by atoms with Gasteiger partial charge in [0.2, 0.25) is 0 Å². The topological polar surface area (TPSA) is 51.8 Å². The molecule has 16 heavy (non-hydrogen) atoms. The van der Waals surface area contributed by atoms with Crippen LogP contribution in [-0.4, -0.2) is 15.1 Å². The summed E-state index contributed by atoms with van der Waals surface area (Å²) in [5, 5.41) is 5.10. The van der Waals surface area contributed by atoms with Crippen molar-refractivity contribution in [2.24, 2.45) is 0 Å². The van der Waals surface area contributed by atoms with Crippen LogP contribution in [0.4, 0.5) is 0 Å². The Morgan fingerprint density at radius 2 is 1.56 bits per heavy atom. The van der Waals surface area contributed by atoms with E-state index in [2.05, 4.69) is 42.8 Å². The highest BCUT2D eigenvalue weighted by molar-refractivity contribution is 5.79. The van der Waals surface area contributed by atoms with E-state index in [4.69, 9.17) is 4.52 Å². The minimum absolute atomic E-state index is 0.324. The molecule has 4 nitrogen and oxygen atoms in total. The summed E-state index contributed by atoms with van der Waals surface area (Å²) in [6.45, 7) is 10.3. The van der Waals surface area contributed by atoms with Crippen LogP contribution in [0.1, 0.15) is 56.7 Å². The number of hydrogen-bond acceptors (Lipinski definition) is 4. The number of rotatable bonds is 2. The third-order valence-corrected chi connectivity index (χ3v) is 2.60. The minimum Gasteiger partial charge on any atom is -0.335 e. The van der Waals surface area contributed by atoms with Crippen LogP contribution < -0.4 is 0 Å². The first-order chi connectivity index (χ1) is 7.50. The lowest BCUT2D eigenvalue weighted by molar-refractivity contribution is 0.434. The number of aromatic nitrogens is 3. The molecule has 2 aromatic heterocycles. The predicted octanol–water partition coefficient (Wildman–Crippen LogP) is 3.17. The molecule has 0 aliphatic heterocycles. The summed E-state index contributed by atoms with van der Waals surface area (Å²) in [6, 6.07) is 0. The Morgan fingerprint density at radius 3 is 2.12 bits per heavy atom. The van der Waals surface area contributed by atoms with Gasteiger partial charge in [0.1, 0.15) is 5.82 Å². The van der Waals surface area contributed by atoms with Crippen molar-refractivity contribution < 1.29 is 4.52 Å². The normalized spacial score (nSPS) is 11.9. The quantitative estimate of drug-likeness (QED) is 0.778. The van der Waals surface area contributed by atoms with Gasteiger partial charge in [-0.3, -0.25) is 0 Å². The van der Waals surface area contributed by atoms with Gasteiger partial charge in [0, 0.05) is 0 Å². The standard InChI is InChI=1S/C12H17N3O/c1-6(2)10-9-11(7(3)4)15-16-12(9)14-8(5)13-10/h6-7H,1-5H3. The van der Waals surface area contributed by atoms with E-state index in [-0.39, 0.29) is 0 Å². The van der Waals surface area contributed by atoms with Gasteiger partial charge < -0.3 is 4.52 Å². The molecule has 0 saturated heterocycles. The Bertz CT molecular complexity index is 514. The van der Waals surface area contributed by atoms with E-state index < -0.39 is 0 Å². The van der Waals surface area contributed by atoms with Crippen molar-refractivity contribution in [3.8, 4) is 0 Å². The van der Waals surface area contributed by atoms with E-state index in [1.54, 1.807) is 0 Å². The molecule has 2 rings (SSSR count). The fraction of sp³-hybridized carbons (Fsp3) is 0.583. The maximum Gasteiger partial charge on any atom is 0.261 e. The second kappa shape index (κ2) is 3.85. The van der Waals surface area contributed by atoms with E-state index in [0.717, 1.165) is 22.6 Å². The summed E-state index contributed by atoms with van der Waals surface area (Å²) in [4.78, 5) is 8.79. The van der Waals surface area contributed by atoms with Gasteiger partial charge in [-0.05, 0) is 18.8 Å². The van der Waals surface area contributed by atoms with Crippen molar-refractivity contribution in [1.82, 2.24) is 15.1 Å². The molecule has 4 heteroatoms. The minimum atomic E-state index is 0.324. The van der Waals surface area contributed by atoms with Gasteiger partial charge >= 0.3 is 0 Å². The molecule has 0 unspecified atom stereocenters. The van der Waals surface area contributed by atoms with E-state index in [1.807, 2.05) is 6.92 Å². The molecule has 0 fully saturated rings. The van der Waals surface area contributed by atoms with Crippen molar-refractivity contribution >= 4 is 11.1 Å². The third kappa shape index (κ3) is 1.68. The number of aryl methyl sites for hydroxylation is 1. The van der Waals surface area contributed by atoms with Crippen molar-refractivity contribution in [2.75, 3.05) is 0 Å². The van der Waals surface area contributed by atoms with Gasteiger partial charge in [-0.1, -0.05) is 32.9 Å². The third-order valence-electron chi connectivity index (χ3n) is 2.60. The molecule has 0 spiro atoms. The summed E-state index contributed by atoms with van der Waals surface area (Å²) >= 11 is 0. The van der Waals surface area contributed by atoms with Crippen LogP contribution in [0.2, 0.25) is 0 Å². The van der Waals surface area contributed by atoms with Gasteiger partial charge in [0.25, 0.3) is 5.71 Å². The molecule has 0 bridgehead atoms. The van der Waals surface area contributed by atoms with E-state index in [0.29, 0.717) is 17.5 Å². The monoisotopic (exact) mass is 219 g/mol. The Morgan fingerprint density at radius 1 is 0.938 bits per heavy atom. The molecule has 0 aliphatic rings. The summed E-state index contributed by atoms with van der Waals surface area (Å²) in [5.41, 5.74) is 2.60. The summed E-state index contributed by atoms with van der Waals surface area (Å²) in [7, 11) is 0. The van der Waals surface area contributed by atoms with E-state index >= 15 is 0 Å². The number of hydrogen-bond donors (Lipinski definition) is 0. The molecule has 0 saturated carbocycles. The van der Waals surface area contributed by atoms with Crippen LogP contribution in [0.15, 0.2) is 4.52 Å². The van der Waals surface area contributed by atoms with Crippen molar-refractivity contribution in [3.05, 3.63) is 17.2 Å². The fourth-order valence-electron chi connectivity index (χ4n) is 1.82. The number of nitrogens with zero attached hydrogens (tertiary/aromatic N) is 3. The maximum absolute atomic E-state index is 5.28. The lowest BCUT2D eigenvalue weighted by Crippen LogP contribution is -2.00. The van der Waals surface area contributed by atoms with Crippen LogP contribution in [0.5, 0.6) is 0 Å². The first-order valence-corrected chi connectivity index (χ1v) is 5.64. The van der Waals surface area contributed by atoms with Crippen molar-refractivity contribution in [1.29, 1.82) is 0 Å². The molecular weight excluding hydrogens is 202 g/mol. The maximum atomic E-state index is 5.28. The van der Waals surface area contributed by atoms with Gasteiger partial charge in [-0.2, -0.15) is 4.98 Å². The highest BCUT2D eigenvalue weighted by atomic mass is 16.5. The average molecular weight is 219 g/mol. The zero-order chi connectivity index (χ0) is 11.9. The van der Waals surface area contributed by atoms with Crippen LogP contribution in [-0.2, 0) is 0 Å². The first-order valence-electron chi connectivity index (χ1n) is 5.64. The highest BCUT2D eigenvalue weighted by Gasteiger charge is 2.19. The van der Waals surface area contributed by atoms with E-state index in [1.165, 1.54) is 0 Å². The smallest absolute Gasteiger partial charge is 0.261 e. The molecular formula is C12H17N3O. The zero-order valence-corrected chi connectivity index (χ0v) is 10.4. The second-order valence-corrected chi connectivity index (χ2v) is 4.71. The molecule has 0 atom stereocenters. The summed E-state index contributed by atoms with van der Waals surface area (Å²) in [6.07, 6.45) is 0. The van der Waals surface area contributed by atoms with Gasteiger partial charge in [-0.25, -0.2) is 4.98 Å². The van der Waals surface area contributed by atoms with Crippen LogP contribution in [0.3, 0.4) is 0 Å².